The van der Waals surface area contributed by atoms with Crippen LogP contribution < -0.4 is 10.1 Å². The van der Waals surface area contributed by atoms with Crippen molar-refractivity contribution in [3.63, 3.8) is 0 Å². The van der Waals surface area contributed by atoms with Gasteiger partial charge in [-0.25, -0.2) is 4.98 Å². The lowest BCUT2D eigenvalue weighted by Crippen LogP contribution is -2.27. The number of amides is 1. The number of pyridine rings is 1. The summed E-state index contributed by atoms with van der Waals surface area (Å²) in [7, 11) is 0. The molecule has 0 fully saturated rings. The molecule has 0 aliphatic rings. The summed E-state index contributed by atoms with van der Waals surface area (Å²) in [5.41, 5.74) is 1.04. The van der Waals surface area contributed by atoms with Gasteiger partial charge in [0.25, 0.3) is 5.91 Å². The number of rotatable bonds is 5. The van der Waals surface area contributed by atoms with Crippen LogP contribution in [0.4, 0.5) is 0 Å². The van der Waals surface area contributed by atoms with E-state index in [0.29, 0.717) is 0 Å². The number of hydrogen-bond donors (Lipinski definition) is 1. The van der Waals surface area contributed by atoms with E-state index < -0.39 is 0 Å². The molecule has 1 heterocycles. The summed E-state index contributed by atoms with van der Waals surface area (Å²) in [5.74, 6) is 0.387. The van der Waals surface area contributed by atoms with E-state index in [-0.39, 0.29) is 33.9 Å². The van der Waals surface area contributed by atoms with Crippen molar-refractivity contribution >= 4 is 29.1 Å². The van der Waals surface area contributed by atoms with Crippen molar-refractivity contribution in [3.05, 3.63) is 57.8 Å². The van der Waals surface area contributed by atoms with Gasteiger partial charge in [0.05, 0.1) is 17.2 Å². The molecular formula is C17H18Cl2N2O2. The fourth-order valence-electron chi connectivity index (χ4n) is 2.06. The zero-order valence-corrected chi connectivity index (χ0v) is 14.7. The predicted octanol–water partition coefficient (Wildman–Crippen LogP) is 4.67. The van der Waals surface area contributed by atoms with E-state index >= 15 is 0 Å². The van der Waals surface area contributed by atoms with Crippen molar-refractivity contribution < 1.29 is 9.53 Å². The molecule has 2 rings (SSSR count). The fraction of sp³-hybridized carbons (Fsp3) is 0.294. The summed E-state index contributed by atoms with van der Waals surface area (Å²) in [6, 6.07) is 10.5. The largest absolute Gasteiger partial charge is 0.491 e. The summed E-state index contributed by atoms with van der Waals surface area (Å²) >= 11 is 11.8. The van der Waals surface area contributed by atoms with Crippen molar-refractivity contribution in [3.8, 4) is 5.75 Å². The Bertz CT molecular complexity index is 705. The van der Waals surface area contributed by atoms with Crippen molar-refractivity contribution in [1.29, 1.82) is 0 Å². The molecule has 0 radical (unpaired) electrons. The number of ether oxygens (including phenoxy) is 1. The number of hydrogen-bond acceptors (Lipinski definition) is 3. The number of aromatic nitrogens is 1. The minimum absolute atomic E-state index is 0.0876. The molecule has 23 heavy (non-hydrogen) atoms. The van der Waals surface area contributed by atoms with Crippen LogP contribution in [0.25, 0.3) is 0 Å². The lowest BCUT2D eigenvalue weighted by Gasteiger charge is -2.16. The quantitative estimate of drug-likeness (QED) is 0.795. The van der Waals surface area contributed by atoms with Crippen LogP contribution in [0, 0.1) is 0 Å². The number of benzene rings is 1. The highest BCUT2D eigenvalue weighted by atomic mass is 35.5. The third kappa shape index (κ3) is 4.85. The molecule has 2 aromatic rings. The third-order valence-electron chi connectivity index (χ3n) is 3.10. The Labute approximate surface area is 145 Å². The first-order chi connectivity index (χ1) is 10.9. The zero-order valence-electron chi connectivity index (χ0n) is 13.1. The van der Waals surface area contributed by atoms with Crippen molar-refractivity contribution in [1.82, 2.24) is 10.3 Å². The first-order valence-electron chi connectivity index (χ1n) is 7.26. The lowest BCUT2D eigenvalue weighted by molar-refractivity contribution is 0.0935. The van der Waals surface area contributed by atoms with Gasteiger partial charge < -0.3 is 10.1 Å². The minimum Gasteiger partial charge on any atom is -0.491 e. The topological polar surface area (TPSA) is 51.2 Å². The average molecular weight is 353 g/mol. The Morgan fingerprint density at radius 3 is 2.61 bits per heavy atom. The van der Waals surface area contributed by atoms with Crippen molar-refractivity contribution in [2.75, 3.05) is 0 Å². The van der Waals surface area contributed by atoms with Crippen LogP contribution in [0.3, 0.4) is 0 Å². The molecule has 1 aromatic carbocycles. The summed E-state index contributed by atoms with van der Waals surface area (Å²) in [5, 5.41) is 3.34. The summed E-state index contributed by atoms with van der Waals surface area (Å²) in [6.07, 6.45) is 0.0876. The van der Waals surface area contributed by atoms with E-state index in [1.165, 1.54) is 6.07 Å². The van der Waals surface area contributed by atoms with Gasteiger partial charge in [-0.1, -0.05) is 35.3 Å². The highest BCUT2D eigenvalue weighted by molar-refractivity contribution is 6.34. The van der Waals surface area contributed by atoms with Crippen molar-refractivity contribution in [2.24, 2.45) is 0 Å². The lowest BCUT2D eigenvalue weighted by atomic mass is 10.1. The van der Waals surface area contributed by atoms with Gasteiger partial charge in [0, 0.05) is 0 Å². The Morgan fingerprint density at radius 2 is 1.91 bits per heavy atom. The highest BCUT2D eigenvalue weighted by Gasteiger charge is 2.16. The second-order valence-corrected chi connectivity index (χ2v) is 6.19. The molecule has 0 bridgehead atoms. The molecule has 1 atom stereocenters. The zero-order chi connectivity index (χ0) is 17.0. The summed E-state index contributed by atoms with van der Waals surface area (Å²) < 4.78 is 5.67. The van der Waals surface area contributed by atoms with Gasteiger partial charge in [-0.15, -0.1) is 0 Å². The molecule has 0 unspecified atom stereocenters. The van der Waals surface area contributed by atoms with Crippen LogP contribution in [-0.4, -0.2) is 17.0 Å². The number of halogens is 2. The predicted molar refractivity (Wildman–Crippen MR) is 92.3 cm³/mol. The van der Waals surface area contributed by atoms with E-state index in [4.69, 9.17) is 27.9 Å². The summed E-state index contributed by atoms with van der Waals surface area (Å²) in [6.45, 7) is 5.81. The SMILES string of the molecule is CC(C)Oc1cccc([C@@H](C)NC(=O)c2nc(Cl)ccc2Cl)c1. The van der Waals surface area contributed by atoms with Gasteiger partial charge in [0.1, 0.15) is 16.6 Å². The molecular weight excluding hydrogens is 335 g/mol. The van der Waals surface area contributed by atoms with Gasteiger partial charge in [-0.2, -0.15) is 0 Å². The van der Waals surface area contributed by atoms with Crippen LogP contribution in [0.15, 0.2) is 36.4 Å². The van der Waals surface area contributed by atoms with Gasteiger partial charge in [0.15, 0.2) is 0 Å². The molecule has 1 amide bonds. The van der Waals surface area contributed by atoms with Gasteiger partial charge >= 0.3 is 0 Å². The third-order valence-corrected chi connectivity index (χ3v) is 3.62. The summed E-state index contributed by atoms with van der Waals surface area (Å²) in [4.78, 5) is 16.3. The molecule has 0 saturated carbocycles. The maximum atomic E-state index is 12.3. The van der Waals surface area contributed by atoms with Crippen LogP contribution in [0.5, 0.6) is 5.75 Å². The van der Waals surface area contributed by atoms with E-state index in [0.717, 1.165) is 11.3 Å². The molecule has 0 saturated heterocycles. The van der Waals surface area contributed by atoms with E-state index in [2.05, 4.69) is 10.3 Å². The van der Waals surface area contributed by atoms with Crippen LogP contribution in [0.2, 0.25) is 10.2 Å². The normalized spacial score (nSPS) is 12.1. The van der Waals surface area contributed by atoms with E-state index in [1.807, 2.05) is 45.0 Å². The molecule has 1 aromatic heterocycles. The van der Waals surface area contributed by atoms with Gasteiger partial charge in [-0.05, 0) is 50.6 Å². The average Bonchev–Trinajstić information content (AvgIpc) is 2.49. The van der Waals surface area contributed by atoms with Crippen molar-refractivity contribution in [2.45, 2.75) is 32.9 Å². The molecule has 4 nitrogen and oxygen atoms in total. The second kappa shape index (κ2) is 7.66. The van der Waals surface area contributed by atoms with Crippen LogP contribution >= 0.6 is 23.2 Å². The number of carbonyl (C=O) groups excluding carboxylic acids is 1. The Morgan fingerprint density at radius 1 is 1.17 bits per heavy atom. The Hall–Kier alpha value is -1.78. The number of nitrogens with zero attached hydrogens (tertiary/aromatic N) is 1. The van der Waals surface area contributed by atoms with Crippen LogP contribution in [0.1, 0.15) is 42.9 Å². The second-order valence-electron chi connectivity index (χ2n) is 5.40. The molecule has 0 spiro atoms. The molecule has 6 heteroatoms. The number of nitrogens with one attached hydrogen (secondary N) is 1. The first-order valence-corrected chi connectivity index (χ1v) is 8.02. The van der Waals surface area contributed by atoms with Crippen LogP contribution in [-0.2, 0) is 0 Å². The number of carbonyl (C=O) groups is 1. The molecule has 122 valence electrons. The smallest absolute Gasteiger partial charge is 0.271 e. The molecule has 1 N–H and O–H groups in total. The Balaban J connectivity index is 2.13. The maximum Gasteiger partial charge on any atom is 0.271 e. The Kier molecular flexibility index (Phi) is 5.85. The standard InChI is InChI=1S/C17H18Cl2N2O2/c1-10(2)23-13-6-4-5-12(9-13)11(3)20-17(22)16-14(18)7-8-15(19)21-16/h4-11H,1-3H3,(H,20,22)/t11-/m1/s1. The van der Waals surface area contributed by atoms with Gasteiger partial charge in [0.2, 0.25) is 0 Å². The maximum absolute atomic E-state index is 12.3. The molecule has 0 aliphatic heterocycles. The van der Waals surface area contributed by atoms with Gasteiger partial charge in [-0.3, -0.25) is 4.79 Å². The highest BCUT2D eigenvalue weighted by Crippen LogP contribution is 2.22. The first kappa shape index (κ1) is 17.6. The van der Waals surface area contributed by atoms with E-state index in [9.17, 15) is 4.79 Å². The fourth-order valence-corrected chi connectivity index (χ4v) is 2.39. The van der Waals surface area contributed by atoms with E-state index in [1.54, 1.807) is 6.07 Å². The minimum atomic E-state index is -0.375. The monoisotopic (exact) mass is 352 g/mol. The molecule has 0 aliphatic carbocycles.